The number of halogens is 5. The molecule has 3 nitrogen and oxygen atoms in total. The maximum absolute atomic E-state index is 13.0. The minimum Gasteiger partial charge on any atom is -0.233 e. The second kappa shape index (κ2) is 4.34. The summed E-state index contributed by atoms with van der Waals surface area (Å²) in [6, 6.07) is 1.32. The Bertz CT molecular complexity index is 536. The van der Waals surface area contributed by atoms with Gasteiger partial charge in [-0.25, -0.2) is 9.83 Å². The van der Waals surface area contributed by atoms with Crippen LogP contribution in [0, 0.1) is 29.8 Å². The van der Waals surface area contributed by atoms with E-state index in [9.17, 15) is 22.0 Å². The smallest absolute Gasteiger partial charge is 0.233 e. The van der Waals surface area contributed by atoms with Gasteiger partial charge in [0.15, 0.2) is 0 Å². The molecular formula is C9H2F5N3. The summed E-state index contributed by atoms with van der Waals surface area (Å²) in [5, 5.41) is 8.33. The lowest BCUT2D eigenvalue weighted by Crippen LogP contribution is -2.15. The van der Waals surface area contributed by atoms with E-state index in [2.05, 4.69) is 9.83 Å². The highest BCUT2D eigenvalue weighted by atomic mass is 19.4. The second-order valence-corrected chi connectivity index (χ2v) is 2.84. The molecule has 0 aliphatic carbocycles. The number of pyridine rings is 1. The molecule has 0 saturated carbocycles. The molecule has 1 heterocycles. The lowest BCUT2D eigenvalue weighted by Gasteiger charge is -2.13. The number of hydrogen-bond donors (Lipinski definition) is 0. The van der Waals surface area contributed by atoms with Crippen molar-refractivity contribution in [3.63, 3.8) is 0 Å². The highest BCUT2D eigenvalue weighted by molar-refractivity contribution is 5.56. The van der Waals surface area contributed by atoms with Crippen LogP contribution in [0.3, 0.4) is 0 Å². The molecule has 0 fully saturated rings. The van der Waals surface area contributed by atoms with Crippen LogP contribution in [0.5, 0.6) is 0 Å². The van der Waals surface area contributed by atoms with Gasteiger partial charge in [0.1, 0.15) is 5.56 Å². The molecule has 88 valence electrons. The molecule has 1 rings (SSSR count). The fraction of sp³-hybridized carbons (Fsp3) is 0.222. The Hall–Kier alpha value is -2.22. The van der Waals surface area contributed by atoms with Crippen molar-refractivity contribution >= 4 is 5.69 Å². The van der Waals surface area contributed by atoms with Crippen LogP contribution in [0.15, 0.2) is 0 Å². The third-order valence-corrected chi connectivity index (χ3v) is 1.84. The first-order valence-corrected chi connectivity index (χ1v) is 4.02. The van der Waals surface area contributed by atoms with Gasteiger partial charge < -0.3 is 0 Å². The predicted molar refractivity (Wildman–Crippen MR) is 44.7 cm³/mol. The maximum Gasteiger partial charge on any atom is 0.419 e. The van der Waals surface area contributed by atoms with Gasteiger partial charge in [-0.2, -0.15) is 27.2 Å². The summed E-state index contributed by atoms with van der Waals surface area (Å²) in [5.74, 6) is -3.73. The number of rotatable bonds is 1. The van der Waals surface area contributed by atoms with E-state index < -0.39 is 41.3 Å². The Morgan fingerprint density at radius 2 is 1.88 bits per heavy atom. The van der Waals surface area contributed by atoms with E-state index >= 15 is 0 Å². The molecule has 0 amide bonds. The standard InChI is InChI=1S/C9H2F5N3/c1-16-6-4(2-3-15)5(9(12,13)14)7(10)17-8(6)11/h2H2. The average Bonchev–Trinajstić information content (AvgIpc) is 2.15. The molecule has 0 unspecified atom stereocenters. The Morgan fingerprint density at radius 1 is 1.29 bits per heavy atom. The molecule has 0 spiro atoms. The summed E-state index contributed by atoms with van der Waals surface area (Å²) < 4.78 is 63.3. The van der Waals surface area contributed by atoms with Gasteiger partial charge >= 0.3 is 6.18 Å². The SMILES string of the molecule is [C-]#[N+]c1c(F)nc(F)c(C(F)(F)F)c1CC#N. The predicted octanol–water partition coefficient (Wildman–Crippen LogP) is 3.00. The Balaban J connectivity index is 3.71. The van der Waals surface area contributed by atoms with Crippen LogP contribution < -0.4 is 0 Å². The average molecular weight is 247 g/mol. The van der Waals surface area contributed by atoms with E-state index in [-0.39, 0.29) is 0 Å². The molecule has 0 aromatic carbocycles. The molecule has 0 N–H and O–H groups in total. The van der Waals surface area contributed by atoms with Gasteiger partial charge in [-0.05, 0) is 5.56 Å². The zero-order chi connectivity index (χ0) is 13.2. The van der Waals surface area contributed by atoms with Crippen molar-refractivity contribution in [2.45, 2.75) is 12.6 Å². The number of aromatic nitrogens is 1. The third-order valence-electron chi connectivity index (χ3n) is 1.84. The van der Waals surface area contributed by atoms with Gasteiger partial charge in [0, 0.05) is 0 Å². The molecule has 0 radical (unpaired) electrons. The van der Waals surface area contributed by atoms with Gasteiger partial charge in [0.05, 0.1) is 19.1 Å². The first-order valence-electron chi connectivity index (χ1n) is 4.02. The topological polar surface area (TPSA) is 41.0 Å². The number of hydrogen-bond acceptors (Lipinski definition) is 2. The van der Waals surface area contributed by atoms with Crippen LogP contribution >= 0.6 is 0 Å². The number of alkyl halides is 3. The van der Waals surface area contributed by atoms with Gasteiger partial charge in [0.25, 0.3) is 0 Å². The van der Waals surface area contributed by atoms with Crippen LogP contribution in [0.1, 0.15) is 11.1 Å². The Labute approximate surface area is 91.9 Å². The molecule has 0 bridgehead atoms. The van der Waals surface area contributed by atoms with E-state index in [1.54, 1.807) is 0 Å². The highest BCUT2D eigenvalue weighted by Gasteiger charge is 2.39. The molecule has 17 heavy (non-hydrogen) atoms. The lowest BCUT2D eigenvalue weighted by molar-refractivity contribution is -0.141. The molecule has 1 aromatic heterocycles. The van der Waals surface area contributed by atoms with E-state index in [1.807, 2.05) is 0 Å². The van der Waals surface area contributed by atoms with E-state index in [0.29, 0.717) is 0 Å². The van der Waals surface area contributed by atoms with Crippen molar-refractivity contribution in [3.8, 4) is 6.07 Å². The first-order chi connectivity index (χ1) is 7.82. The maximum atomic E-state index is 13.0. The largest absolute Gasteiger partial charge is 0.419 e. The van der Waals surface area contributed by atoms with E-state index in [4.69, 9.17) is 11.8 Å². The molecule has 8 heteroatoms. The van der Waals surface area contributed by atoms with Gasteiger partial charge in [-0.3, -0.25) is 0 Å². The van der Waals surface area contributed by atoms with Gasteiger partial charge in [-0.15, -0.1) is 0 Å². The summed E-state index contributed by atoms with van der Waals surface area (Å²) in [5.41, 5.74) is -3.98. The summed E-state index contributed by atoms with van der Waals surface area (Å²) in [7, 11) is 0. The second-order valence-electron chi connectivity index (χ2n) is 2.84. The van der Waals surface area contributed by atoms with E-state index in [0.717, 1.165) is 0 Å². The number of nitriles is 1. The molecule has 0 saturated heterocycles. The molecular weight excluding hydrogens is 245 g/mol. The minimum absolute atomic E-state index is 0.928. The van der Waals surface area contributed by atoms with Crippen molar-refractivity contribution < 1.29 is 22.0 Å². The fourth-order valence-electron chi connectivity index (χ4n) is 1.22. The third kappa shape index (κ3) is 2.31. The van der Waals surface area contributed by atoms with Crippen LogP contribution in [0.25, 0.3) is 4.85 Å². The van der Waals surface area contributed by atoms with Crippen molar-refractivity contribution in [2.24, 2.45) is 0 Å². The Kier molecular flexibility index (Phi) is 3.28. The van der Waals surface area contributed by atoms with Gasteiger partial charge in [-0.1, -0.05) is 0 Å². The highest BCUT2D eigenvalue weighted by Crippen LogP contribution is 2.38. The minimum atomic E-state index is -5.14. The molecule has 0 atom stereocenters. The summed E-state index contributed by atoms with van der Waals surface area (Å²) in [6.07, 6.45) is -6.07. The molecule has 1 aromatic rings. The summed E-state index contributed by atoms with van der Waals surface area (Å²) in [6.45, 7) is 6.52. The lowest BCUT2D eigenvalue weighted by atomic mass is 10.1. The summed E-state index contributed by atoms with van der Waals surface area (Å²) in [4.78, 5) is 4.88. The number of nitrogens with zero attached hydrogens (tertiary/aromatic N) is 3. The zero-order valence-corrected chi connectivity index (χ0v) is 7.94. The van der Waals surface area contributed by atoms with E-state index in [1.165, 1.54) is 6.07 Å². The van der Waals surface area contributed by atoms with Crippen LogP contribution in [0.4, 0.5) is 27.6 Å². The first kappa shape index (κ1) is 12.8. The van der Waals surface area contributed by atoms with Crippen molar-refractivity contribution in [3.05, 3.63) is 34.4 Å². The normalized spacial score (nSPS) is 10.8. The summed E-state index contributed by atoms with van der Waals surface area (Å²) >= 11 is 0. The van der Waals surface area contributed by atoms with Crippen LogP contribution in [0.2, 0.25) is 0 Å². The van der Waals surface area contributed by atoms with Crippen molar-refractivity contribution in [1.29, 1.82) is 5.26 Å². The van der Waals surface area contributed by atoms with Crippen molar-refractivity contribution in [1.82, 2.24) is 4.98 Å². The van der Waals surface area contributed by atoms with Crippen LogP contribution in [-0.4, -0.2) is 4.98 Å². The molecule has 0 aliphatic rings. The zero-order valence-electron chi connectivity index (χ0n) is 7.94. The fourth-order valence-corrected chi connectivity index (χ4v) is 1.22. The monoisotopic (exact) mass is 247 g/mol. The quantitative estimate of drug-likeness (QED) is 0.435. The van der Waals surface area contributed by atoms with Crippen molar-refractivity contribution in [2.75, 3.05) is 0 Å². The van der Waals surface area contributed by atoms with Gasteiger partial charge in [0.2, 0.25) is 17.6 Å². The van der Waals surface area contributed by atoms with Crippen LogP contribution in [-0.2, 0) is 12.6 Å². The Morgan fingerprint density at radius 3 is 2.29 bits per heavy atom. The molecule has 0 aliphatic heterocycles.